The predicted octanol–water partition coefficient (Wildman–Crippen LogP) is 5.36. The molecule has 20 heavy (non-hydrogen) atoms. The molecule has 5 heteroatoms. The first-order valence-electron chi connectivity index (χ1n) is 6.37. The van der Waals surface area contributed by atoms with Crippen LogP contribution in [0.1, 0.15) is 32.8 Å². The SMILES string of the molecule is CC.CC(=O)/C=C/CCSc1ccc(C(F)(F)F)cc1. The van der Waals surface area contributed by atoms with Gasteiger partial charge in [-0.2, -0.15) is 13.2 Å². The monoisotopic (exact) mass is 304 g/mol. The molecule has 0 saturated heterocycles. The minimum Gasteiger partial charge on any atom is -0.295 e. The van der Waals surface area contributed by atoms with Gasteiger partial charge in [0.05, 0.1) is 5.56 Å². The molecule has 0 aliphatic heterocycles. The van der Waals surface area contributed by atoms with E-state index in [0.717, 1.165) is 22.8 Å². The van der Waals surface area contributed by atoms with Gasteiger partial charge in [-0.05, 0) is 43.7 Å². The minimum atomic E-state index is -4.28. The van der Waals surface area contributed by atoms with Gasteiger partial charge < -0.3 is 0 Å². The van der Waals surface area contributed by atoms with Crippen molar-refractivity contribution >= 4 is 17.5 Å². The number of allylic oxidation sites excluding steroid dienone is 2. The topological polar surface area (TPSA) is 17.1 Å². The van der Waals surface area contributed by atoms with Gasteiger partial charge in [-0.15, -0.1) is 11.8 Å². The van der Waals surface area contributed by atoms with Crippen LogP contribution in [-0.4, -0.2) is 11.5 Å². The maximum absolute atomic E-state index is 12.3. The van der Waals surface area contributed by atoms with Gasteiger partial charge in [-0.3, -0.25) is 4.79 Å². The Bertz CT molecular complexity index is 422. The van der Waals surface area contributed by atoms with E-state index in [4.69, 9.17) is 0 Å². The standard InChI is InChI=1S/C13H13F3OS.C2H6/c1-10(17)4-2-3-9-18-12-7-5-11(6-8-12)13(14,15)16;1-2/h2,4-8H,3,9H2,1H3;1-2H3/b4-2+;. The van der Waals surface area contributed by atoms with Crippen molar-refractivity contribution in [2.45, 2.75) is 38.3 Å². The molecular formula is C15H19F3OS. The Morgan fingerprint density at radius 3 is 2.20 bits per heavy atom. The lowest BCUT2D eigenvalue weighted by Crippen LogP contribution is -2.03. The lowest BCUT2D eigenvalue weighted by molar-refractivity contribution is -0.137. The van der Waals surface area contributed by atoms with Gasteiger partial charge in [0.2, 0.25) is 0 Å². The van der Waals surface area contributed by atoms with Gasteiger partial charge >= 0.3 is 6.18 Å². The molecule has 0 spiro atoms. The lowest BCUT2D eigenvalue weighted by atomic mass is 10.2. The van der Waals surface area contributed by atoms with Crippen molar-refractivity contribution in [2.24, 2.45) is 0 Å². The molecule has 0 aliphatic rings. The molecule has 0 aliphatic carbocycles. The quantitative estimate of drug-likeness (QED) is 0.414. The number of benzene rings is 1. The Morgan fingerprint density at radius 2 is 1.75 bits per heavy atom. The van der Waals surface area contributed by atoms with Crippen LogP contribution in [0.2, 0.25) is 0 Å². The van der Waals surface area contributed by atoms with Gasteiger partial charge in [0.25, 0.3) is 0 Å². The number of hydrogen-bond acceptors (Lipinski definition) is 2. The number of alkyl halides is 3. The van der Waals surface area contributed by atoms with Crippen molar-refractivity contribution in [3.05, 3.63) is 42.0 Å². The van der Waals surface area contributed by atoms with Gasteiger partial charge in [-0.1, -0.05) is 19.9 Å². The van der Waals surface area contributed by atoms with Crippen molar-refractivity contribution in [1.29, 1.82) is 0 Å². The second kappa shape index (κ2) is 9.64. The largest absolute Gasteiger partial charge is 0.416 e. The molecule has 0 saturated carbocycles. The van der Waals surface area contributed by atoms with Crippen LogP contribution in [0.15, 0.2) is 41.3 Å². The summed E-state index contributed by atoms with van der Waals surface area (Å²) in [4.78, 5) is 11.4. The molecule has 0 bridgehead atoms. The number of ketones is 1. The molecule has 1 aromatic carbocycles. The van der Waals surface area contributed by atoms with Gasteiger partial charge in [0, 0.05) is 10.6 Å². The van der Waals surface area contributed by atoms with Crippen LogP contribution in [-0.2, 0) is 11.0 Å². The molecule has 0 atom stereocenters. The summed E-state index contributed by atoms with van der Waals surface area (Å²) < 4.78 is 36.9. The summed E-state index contributed by atoms with van der Waals surface area (Å²) in [5.74, 6) is 0.726. The van der Waals surface area contributed by atoms with Gasteiger partial charge in [0.15, 0.2) is 5.78 Å². The van der Waals surface area contributed by atoms with E-state index in [9.17, 15) is 18.0 Å². The molecule has 0 aromatic heterocycles. The molecule has 0 amide bonds. The van der Waals surface area contributed by atoms with Crippen LogP contribution in [0.5, 0.6) is 0 Å². The molecule has 1 nitrogen and oxygen atoms in total. The average Bonchev–Trinajstić information content (AvgIpc) is 2.40. The zero-order valence-corrected chi connectivity index (χ0v) is 12.6. The molecule has 1 rings (SSSR count). The first-order valence-corrected chi connectivity index (χ1v) is 7.35. The summed E-state index contributed by atoms with van der Waals surface area (Å²) in [6, 6.07) is 5.08. The van der Waals surface area contributed by atoms with Crippen molar-refractivity contribution in [2.75, 3.05) is 5.75 Å². The van der Waals surface area contributed by atoms with E-state index in [1.807, 2.05) is 13.8 Å². The Kier molecular flexibility index (Phi) is 9.05. The number of halogens is 3. The van der Waals surface area contributed by atoms with E-state index in [1.54, 1.807) is 6.08 Å². The summed E-state index contributed by atoms with van der Waals surface area (Å²) >= 11 is 1.46. The first kappa shape index (κ1) is 18.8. The Hall–Kier alpha value is -1.23. The summed E-state index contributed by atoms with van der Waals surface area (Å²) in [6.45, 7) is 5.47. The first-order chi connectivity index (χ1) is 9.39. The summed E-state index contributed by atoms with van der Waals surface area (Å²) in [7, 11) is 0. The number of carbonyl (C=O) groups excluding carboxylic acids is 1. The average molecular weight is 304 g/mol. The molecule has 112 valence electrons. The van der Waals surface area contributed by atoms with Gasteiger partial charge in [0.1, 0.15) is 0 Å². The van der Waals surface area contributed by atoms with Crippen LogP contribution < -0.4 is 0 Å². The van der Waals surface area contributed by atoms with Crippen LogP contribution in [0.4, 0.5) is 13.2 Å². The third kappa shape index (κ3) is 8.04. The highest BCUT2D eigenvalue weighted by molar-refractivity contribution is 7.99. The van der Waals surface area contributed by atoms with Crippen molar-refractivity contribution in [3.63, 3.8) is 0 Å². The van der Waals surface area contributed by atoms with E-state index < -0.39 is 11.7 Å². The Morgan fingerprint density at radius 1 is 1.20 bits per heavy atom. The molecule has 0 radical (unpaired) electrons. The maximum atomic E-state index is 12.3. The van der Waals surface area contributed by atoms with E-state index in [2.05, 4.69) is 0 Å². The lowest BCUT2D eigenvalue weighted by Gasteiger charge is -2.06. The second-order valence-electron chi connectivity index (χ2n) is 3.67. The molecule has 0 heterocycles. The number of thioether (sulfide) groups is 1. The fourth-order valence-electron chi connectivity index (χ4n) is 1.23. The minimum absolute atomic E-state index is 0.00506. The van der Waals surface area contributed by atoms with E-state index >= 15 is 0 Å². The fourth-order valence-corrected chi connectivity index (χ4v) is 2.05. The van der Waals surface area contributed by atoms with Crippen molar-refractivity contribution < 1.29 is 18.0 Å². The Balaban J connectivity index is 0.00000172. The summed E-state index contributed by atoms with van der Waals surface area (Å²) in [5, 5.41) is 0. The van der Waals surface area contributed by atoms with Gasteiger partial charge in [-0.25, -0.2) is 0 Å². The van der Waals surface area contributed by atoms with E-state index in [0.29, 0.717) is 6.42 Å². The molecule has 1 aromatic rings. The highest BCUT2D eigenvalue weighted by Gasteiger charge is 2.29. The normalized spacial score (nSPS) is 11.1. The molecule has 0 fully saturated rings. The van der Waals surface area contributed by atoms with Crippen LogP contribution >= 0.6 is 11.8 Å². The highest BCUT2D eigenvalue weighted by Crippen LogP contribution is 2.30. The van der Waals surface area contributed by atoms with E-state index in [1.165, 1.54) is 36.9 Å². The van der Waals surface area contributed by atoms with E-state index in [-0.39, 0.29) is 5.78 Å². The molecule has 0 N–H and O–H groups in total. The third-order valence-corrected chi connectivity index (χ3v) is 3.13. The zero-order valence-electron chi connectivity index (χ0n) is 11.8. The smallest absolute Gasteiger partial charge is 0.295 e. The molecular weight excluding hydrogens is 285 g/mol. The number of rotatable bonds is 5. The predicted molar refractivity (Wildman–Crippen MR) is 78.0 cm³/mol. The molecule has 0 unspecified atom stereocenters. The highest BCUT2D eigenvalue weighted by atomic mass is 32.2. The maximum Gasteiger partial charge on any atom is 0.416 e. The fraction of sp³-hybridized carbons (Fsp3) is 0.400. The summed E-state index contributed by atoms with van der Waals surface area (Å²) in [5.41, 5.74) is -0.636. The van der Waals surface area contributed by atoms with Crippen LogP contribution in [0.3, 0.4) is 0 Å². The van der Waals surface area contributed by atoms with Crippen molar-refractivity contribution in [3.8, 4) is 0 Å². The third-order valence-electron chi connectivity index (χ3n) is 2.09. The van der Waals surface area contributed by atoms with Crippen molar-refractivity contribution in [1.82, 2.24) is 0 Å². The van der Waals surface area contributed by atoms with Crippen LogP contribution in [0.25, 0.3) is 0 Å². The summed E-state index contributed by atoms with van der Waals surface area (Å²) in [6.07, 6.45) is -0.314. The Labute approximate surface area is 122 Å². The zero-order chi connectivity index (χ0) is 15.6. The number of carbonyl (C=O) groups is 1. The number of hydrogen-bond donors (Lipinski definition) is 0. The van der Waals surface area contributed by atoms with Crippen LogP contribution in [0, 0.1) is 0 Å². The second-order valence-corrected chi connectivity index (χ2v) is 4.84.